The van der Waals surface area contributed by atoms with Crippen molar-refractivity contribution in [2.75, 3.05) is 237 Å². The third kappa shape index (κ3) is 58.2. The first-order chi connectivity index (χ1) is 53.2. The van der Waals surface area contributed by atoms with Crippen molar-refractivity contribution in [3.05, 3.63) is 0 Å². The van der Waals surface area contributed by atoms with Gasteiger partial charge in [0.1, 0.15) is 0 Å². The Labute approximate surface area is 655 Å². The van der Waals surface area contributed by atoms with Crippen molar-refractivity contribution in [1.82, 2.24) is 29.4 Å². The molecule has 0 aromatic rings. The normalized spacial score (nSPS) is 18.3. The van der Waals surface area contributed by atoms with E-state index in [0.29, 0.717) is 276 Å². The third-order valence-corrected chi connectivity index (χ3v) is 20.5. The molecule has 0 aromatic carbocycles. The zero-order chi connectivity index (χ0) is 77.2. The van der Waals surface area contributed by atoms with Gasteiger partial charge in [-0.15, -0.1) is 0 Å². The summed E-state index contributed by atoms with van der Waals surface area (Å²) in [5.74, 6) is 0.797. The molecule has 3 heterocycles. The number of carbonyl (C=O) groups excluding carboxylic acids is 6. The summed E-state index contributed by atoms with van der Waals surface area (Å²) in [5.41, 5.74) is 0. The van der Waals surface area contributed by atoms with Crippen LogP contribution >= 0.6 is 0 Å². The molecule has 0 saturated carbocycles. The Kier molecular flexibility index (Phi) is 68.2. The summed E-state index contributed by atoms with van der Waals surface area (Å²) >= 11 is 0. The van der Waals surface area contributed by atoms with E-state index in [2.05, 4.69) is 13.8 Å². The lowest BCUT2D eigenvalue weighted by Gasteiger charge is -2.24. The molecule has 3 rings (SSSR count). The molecular weight excluding hydrogens is 1380 g/mol. The maximum atomic E-state index is 13.4. The second-order valence-electron chi connectivity index (χ2n) is 29.4. The van der Waals surface area contributed by atoms with E-state index in [-0.39, 0.29) is 35.4 Å². The first-order valence-electron chi connectivity index (χ1n) is 43.8. The van der Waals surface area contributed by atoms with Crippen molar-refractivity contribution >= 4 is 35.4 Å². The van der Waals surface area contributed by atoms with Crippen molar-refractivity contribution in [3.8, 4) is 0 Å². The Morgan fingerprint density at radius 1 is 0.157 bits per heavy atom. The molecule has 0 bridgehead atoms. The highest BCUT2D eigenvalue weighted by Crippen LogP contribution is 2.18. The number of nitrogens with zero attached hydrogens (tertiary/aromatic N) is 6. The Morgan fingerprint density at radius 3 is 0.370 bits per heavy atom. The predicted octanol–water partition coefficient (Wildman–Crippen LogP) is 12.8. The van der Waals surface area contributed by atoms with E-state index < -0.39 is 0 Å². The molecule has 3 fully saturated rings. The standard InChI is InChI=1S/C84H158N6O18/c1-3-5-7-9-11-13-19-25-31-37-79(91)85-43-55-97-67-71-101-59-47-87(48-60-102-72-68-98-56-44-85)81(93)39-33-27-21-15-17-23-29-35-41-83(95)89-51-63-105-75-77-107-65-53-90(54-66-108-78-76-106-64-52-89)84(96)42-36-30-24-18-16-22-28-34-40-82(94)88-49-61-103-73-69-99-57-45-86(46-58-100-70-74-104-62-50-88)80(92)38-32-26-20-14-12-10-8-6-4-2/h3-78H2,1-2H3. The molecule has 0 unspecified atom stereocenters. The molecule has 108 heavy (non-hydrogen) atoms. The highest BCUT2D eigenvalue weighted by atomic mass is 16.5. The van der Waals surface area contributed by atoms with Crippen LogP contribution in [-0.4, -0.2) is 302 Å². The molecule has 0 aliphatic carbocycles. The Morgan fingerprint density at radius 2 is 0.259 bits per heavy atom. The second kappa shape index (κ2) is 74.7. The molecule has 3 aliphatic heterocycles. The number of hydrogen-bond acceptors (Lipinski definition) is 18. The van der Waals surface area contributed by atoms with E-state index in [1.165, 1.54) is 89.9 Å². The van der Waals surface area contributed by atoms with Crippen molar-refractivity contribution < 1.29 is 85.6 Å². The summed E-state index contributed by atoms with van der Waals surface area (Å²) < 4.78 is 70.5. The fourth-order valence-corrected chi connectivity index (χ4v) is 13.5. The van der Waals surface area contributed by atoms with Crippen LogP contribution in [0.15, 0.2) is 0 Å². The summed E-state index contributed by atoms with van der Waals surface area (Å²) in [5, 5.41) is 0. The quantitative estimate of drug-likeness (QED) is 0.0517. The van der Waals surface area contributed by atoms with Crippen LogP contribution in [0.2, 0.25) is 0 Å². The van der Waals surface area contributed by atoms with Gasteiger partial charge in [-0.3, -0.25) is 28.8 Å². The minimum Gasteiger partial charge on any atom is -0.377 e. The van der Waals surface area contributed by atoms with Gasteiger partial charge >= 0.3 is 0 Å². The van der Waals surface area contributed by atoms with Crippen LogP contribution in [0.1, 0.15) is 271 Å². The van der Waals surface area contributed by atoms with Crippen LogP contribution in [0.4, 0.5) is 0 Å². The number of unbranched alkanes of at least 4 members (excludes halogenated alkanes) is 30. The molecule has 0 spiro atoms. The minimum absolute atomic E-state index is 0.113. The molecule has 0 N–H and O–H groups in total. The molecule has 0 atom stereocenters. The van der Waals surface area contributed by atoms with E-state index in [1.54, 1.807) is 0 Å². The molecule has 0 radical (unpaired) electrons. The summed E-state index contributed by atoms with van der Waals surface area (Å²) in [6.45, 7) is 20.7. The van der Waals surface area contributed by atoms with Crippen LogP contribution in [0.5, 0.6) is 0 Å². The second-order valence-corrected chi connectivity index (χ2v) is 29.4. The number of ether oxygens (including phenoxy) is 12. The van der Waals surface area contributed by atoms with Crippen LogP contribution < -0.4 is 0 Å². The third-order valence-electron chi connectivity index (χ3n) is 20.5. The van der Waals surface area contributed by atoms with Gasteiger partial charge in [-0.2, -0.15) is 0 Å². The number of hydrogen-bond donors (Lipinski definition) is 0. The smallest absolute Gasteiger partial charge is 0.222 e. The maximum Gasteiger partial charge on any atom is 0.222 e. The molecule has 24 heteroatoms. The fourth-order valence-electron chi connectivity index (χ4n) is 13.5. The average Bonchev–Trinajstić information content (AvgIpc) is 1.08. The van der Waals surface area contributed by atoms with Gasteiger partial charge in [-0.25, -0.2) is 0 Å². The molecule has 0 aromatic heterocycles. The molecule has 3 aliphatic rings. The molecular formula is C84H158N6O18. The van der Waals surface area contributed by atoms with Gasteiger partial charge in [0.15, 0.2) is 0 Å². The average molecular weight is 1540 g/mol. The largest absolute Gasteiger partial charge is 0.377 e. The highest BCUT2D eigenvalue weighted by molar-refractivity contribution is 5.78. The van der Waals surface area contributed by atoms with E-state index in [1.807, 2.05) is 29.4 Å². The zero-order valence-electron chi connectivity index (χ0n) is 68.8. The van der Waals surface area contributed by atoms with Crippen LogP contribution in [0.3, 0.4) is 0 Å². The van der Waals surface area contributed by atoms with Gasteiger partial charge in [0.25, 0.3) is 0 Å². The van der Waals surface area contributed by atoms with Crippen molar-refractivity contribution in [1.29, 1.82) is 0 Å². The summed E-state index contributed by atoms with van der Waals surface area (Å²) in [7, 11) is 0. The molecule has 24 nitrogen and oxygen atoms in total. The fraction of sp³-hybridized carbons (Fsp3) is 0.929. The van der Waals surface area contributed by atoms with Gasteiger partial charge in [-0.05, 0) is 38.5 Å². The Hall–Kier alpha value is -3.66. The van der Waals surface area contributed by atoms with Gasteiger partial charge in [-0.1, -0.05) is 194 Å². The van der Waals surface area contributed by atoms with E-state index in [0.717, 1.165) is 128 Å². The highest BCUT2D eigenvalue weighted by Gasteiger charge is 2.20. The Bertz CT molecular complexity index is 1910. The maximum absolute atomic E-state index is 13.4. The zero-order valence-corrected chi connectivity index (χ0v) is 68.8. The monoisotopic (exact) mass is 1540 g/mol. The van der Waals surface area contributed by atoms with Crippen molar-refractivity contribution in [3.63, 3.8) is 0 Å². The summed E-state index contributed by atoms with van der Waals surface area (Å²) in [4.78, 5) is 90.9. The number of carbonyl (C=O) groups is 6. The van der Waals surface area contributed by atoms with Gasteiger partial charge < -0.3 is 86.2 Å². The minimum atomic E-state index is 0.113. The lowest BCUT2D eigenvalue weighted by atomic mass is 10.1. The Balaban J connectivity index is 1.18. The van der Waals surface area contributed by atoms with E-state index in [4.69, 9.17) is 56.8 Å². The molecule has 6 amide bonds. The van der Waals surface area contributed by atoms with Crippen molar-refractivity contribution in [2.24, 2.45) is 0 Å². The van der Waals surface area contributed by atoms with Gasteiger partial charge in [0.2, 0.25) is 35.4 Å². The van der Waals surface area contributed by atoms with Crippen LogP contribution in [-0.2, 0) is 85.6 Å². The van der Waals surface area contributed by atoms with Crippen molar-refractivity contribution in [2.45, 2.75) is 271 Å². The molecule has 3 saturated heterocycles. The lowest BCUT2D eigenvalue weighted by Crippen LogP contribution is -2.38. The molecule has 632 valence electrons. The van der Waals surface area contributed by atoms with Gasteiger partial charge in [0.05, 0.1) is 159 Å². The van der Waals surface area contributed by atoms with E-state index >= 15 is 0 Å². The summed E-state index contributed by atoms with van der Waals surface area (Å²) in [6.07, 6.45) is 41.1. The number of rotatable bonds is 42. The van der Waals surface area contributed by atoms with Gasteiger partial charge in [0, 0.05) is 117 Å². The first kappa shape index (κ1) is 98.5. The number of amides is 6. The van der Waals surface area contributed by atoms with E-state index in [9.17, 15) is 28.8 Å². The lowest BCUT2D eigenvalue weighted by molar-refractivity contribution is -0.134. The SMILES string of the molecule is CCCCCCCCCCCC(=O)N1CCOCCOCCN(C(=O)CCCCCCCCCCC(=O)N2CCOCCOCCN(C(=O)CCCCCCCCCCC(=O)N3CCOCCOCCN(C(=O)CCCCCCCCCCC)CCOCCOCC3)CCOCCOCC2)CCOCCOCC1. The topological polar surface area (TPSA) is 233 Å². The first-order valence-corrected chi connectivity index (χ1v) is 43.8. The summed E-state index contributed by atoms with van der Waals surface area (Å²) in [6, 6.07) is 0. The predicted molar refractivity (Wildman–Crippen MR) is 425 cm³/mol. The van der Waals surface area contributed by atoms with Crippen LogP contribution in [0.25, 0.3) is 0 Å². The van der Waals surface area contributed by atoms with Crippen LogP contribution in [0, 0.1) is 0 Å².